The van der Waals surface area contributed by atoms with Gasteiger partial charge >= 0.3 is 0 Å². The van der Waals surface area contributed by atoms with Crippen molar-refractivity contribution in [2.75, 3.05) is 0 Å². The van der Waals surface area contributed by atoms with Gasteiger partial charge in [0, 0.05) is 4.88 Å². The standard InChI is InChI=1S/C15H21N3O2S/c1-10-12(21-9-16-10)8-18-11(2)13(19)17-15(14(18)20)6-4-3-5-7-15/h9,11H,3-8H2,1-2H3,(H,17,19). The summed E-state index contributed by atoms with van der Waals surface area (Å²) in [5.41, 5.74) is 2.09. The normalized spacial score (nSPS) is 25.2. The summed E-state index contributed by atoms with van der Waals surface area (Å²) < 4.78 is 0. The van der Waals surface area contributed by atoms with Crippen LogP contribution < -0.4 is 5.32 Å². The first kappa shape index (κ1) is 14.5. The predicted molar refractivity (Wildman–Crippen MR) is 80.8 cm³/mol. The van der Waals surface area contributed by atoms with E-state index in [1.165, 1.54) is 0 Å². The summed E-state index contributed by atoms with van der Waals surface area (Å²) in [6.45, 7) is 4.24. The van der Waals surface area contributed by atoms with E-state index in [4.69, 9.17) is 0 Å². The van der Waals surface area contributed by atoms with Gasteiger partial charge in [0.25, 0.3) is 0 Å². The van der Waals surface area contributed by atoms with Crippen molar-refractivity contribution in [3.05, 3.63) is 16.1 Å². The van der Waals surface area contributed by atoms with Gasteiger partial charge in [0.1, 0.15) is 11.6 Å². The molecule has 1 unspecified atom stereocenters. The van der Waals surface area contributed by atoms with Crippen molar-refractivity contribution in [3.8, 4) is 0 Å². The lowest BCUT2D eigenvalue weighted by Crippen LogP contribution is -2.69. The van der Waals surface area contributed by atoms with Gasteiger partial charge in [-0.05, 0) is 26.7 Å². The van der Waals surface area contributed by atoms with Gasteiger partial charge < -0.3 is 10.2 Å². The highest BCUT2D eigenvalue weighted by Gasteiger charge is 2.49. The number of carbonyl (C=O) groups excluding carboxylic acids is 2. The maximum Gasteiger partial charge on any atom is 0.249 e. The molecule has 114 valence electrons. The summed E-state index contributed by atoms with van der Waals surface area (Å²) in [6, 6.07) is -0.411. The second kappa shape index (κ2) is 5.40. The van der Waals surface area contributed by atoms with E-state index >= 15 is 0 Å². The Kier molecular flexibility index (Phi) is 3.73. The van der Waals surface area contributed by atoms with E-state index in [0.29, 0.717) is 6.54 Å². The number of nitrogens with one attached hydrogen (secondary N) is 1. The van der Waals surface area contributed by atoms with E-state index in [2.05, 4.69) is 10.3 Å². The highest BCUT2D eigenvalue weighted by atomic mass is 32.1. The van der Waals surface area contributed by atoms with Crippen molar-refractivity contribution in [1.29, 1.82) is 0 Å². The van der Waals surface area contributed by atoms with Gasteiger partial charge in [-0.1, -0.05) is 19.3 Å². The molecule has 21 heavy (non-hydrogen) atoms. The number of amides is 2. The molecule has 1 aromatic rings. The Morgan fingerprint density at radius 2 is 2.10 bits per heavy atom. The molecule has 0 aromatic carbocycles. The Morgan fingerprint density at radius 3 is 2.71 bits per heavy atom. The minimum Gasteiger partial charge on any atom is -0.340 e. The number of rotatable bonds is 2. The number of carbonyl (C=O) groups is 2. The fraction of sp³-hybridized carbons (Fsp3) is 0.667. The van der Waals surface area contributed by atoms with Crippen LogP contribution in [-0.4, -0.2) is 33.3 Å². The summed E-state index contributed by atoms with van der Waals surface area (Å²) >= 11 is 1.55. The van der Waals surface area contributed by atoms with Crippen molar-refractivity contribution in [1.82, 2.24) is 15.2 Å². The molecule has 5 nitrogen and oxygen atoms in total. The Hall–Kier alpha value is -1.43. The fourth-order valence-corrected chi connectivity index (χ4v) is 4.10. The van der Waals surface area contributed by atoms with Gasteiger partial charge in [0.05, 0.1) is 17.7 Å². The van der Waals surface area contributed by atoms with Crippen LogP contribution in [0.5, 0.6) is 0 Å². The quantitative estimate of drug-likeness (QED) is 0.909. The Balaban J connectivity index is 1.88. The van der Waals surface area contributed by atoms with Crippen LogP contribution in [0, 0.1) is 6.92 Å². The molecule has 1 spiro atoms. The third-order valence-corrected chi connectivity index (χ3v) is 5.67. The van der Waals surface area contributed by atoms with Gasteiger partial charge in [0.2, 0.25) is 11.8 Å². The molecule has 1 saturated heterocycles. The van der Waals surface area contributed by atoms with E-state index in [9.17, 15) is 9.59 Å². The SMILES string of the molecule is Cc1ncsc1CN1C(=O)C2(CCCCC2)NC(=O)C1C. The molecule has 1 aromatic heterocycles. The third kappa shape index (κ3) is 2.46. The summed E-state index contributed by atoms with van der Waals surface area (Å²) in [6.07, 6.45) is 4.70. The second-order valence-electron chi connectivity index (χ2n) is 6.10. The summed E-state index contributed by atoms with van der Waals surface area (Å²) in [7, 11) is 0. The van der Waals surface area contributed by atoms with Crippen LogP contribution in [0.2, 0.25) is 0 Å². The molecule has 6 heteroatoms. The van der Waals surface area contributed by atoms with Crippen LogP contribution in [0.15, 0.2) is 5.51 Å². The molecular weight excluding hydrogens is 286 g/mol. The zero-order valence-electron chi connectivity index (χ0n) is 12.5. The molecule has 1 saturated carbocycles. The second-order valence-corrected chi connectivity index (χ2v) is 7.04. The van der Waals surface area contributed by atoms with Gasteiger partial charge in [-0.2, -0.15) is 0 Å². The smallest absolute Gasteiger partial charge is 0.249 e. The summed E-state index contributed by atoms with van der Waals surface area (Å²) in [5.74, 6) is 0.0563. The molecule has 1 N–H and O–H groups in total. The molecule has 3 rings (SSSR count). The average molecular weight is 307 g/mol. The lowest BCUT2D eigenvalue weighted by atomic mass is 9.78. The highest BCUT2D eigenvalue weighted by molar-refractivity contribution is 7.09. The number of piperazine rings is 1. The number of aryl methyl sites for hydroxylation is 1. The molecule has 1 atom stereocenters. The zero-order valence-corrected chi connectivity index (χ0v) is 13.3. The number of hydrogen-bond acceptors (Lipinski definition) is 4. The van der Waals surface area contributed by atoms with Crippen molar-refractivity contribution in [2.24, 2.45) is 0 Å². The van der Waals surface area contributed by atoms with Crippen LogP contribution >= 0.6 is 11.3 Å². The van der Waals surface area contributed by atoms with Crippen LogP contribution in [0.1, 0.15) is 49.6 Å². The van der Waals surface area contributed by atoms with Gasteiger partial charge in [-0.15, -0.1) is 11.3 Å². The molecule has 2 amide bonds. The molecule has 1 aliphatic heterocycles. The molecule has 0 radical (unpaired) electrons. The van der Waals surface area contributed by atoms with Crippen LogP contribution in [-0.2, 0) is 16.1 Å². The zero-order chi connectivity index (χ0) is 15.0. The van der Waals surface area contributed by atoms with Crippen molar-refractivity contribution in [2.45, 2.75) is 64.1 Å². The Labute approximate surface area is 128 Å². The Bertz CT molecular complexity index is 563. The minimum absolute atomic E-state index is 0.0290. The molecule has 2 aliphatic rings. The summed E-state index contributed by atoms with van der Waals surface area (Å²) in [5, 5.41) is 3.01. The largest absolute Gasteiger partial charge is 0.340 e. The molecule has 2 heterocycles. The number of thiazole rings is 1. The van der Waals surface area contributed by atoms with Crippen molar-refractivity contribution >= 4 is 23.2 Å². The van der Waals surface area contributed by atoms with E-state index in [1.54, 1.807) is 28.7 Å². The van der Waals surface area contributed by atoms with Gasteiger partial charge in [-0.25, -0.2) is 4.98 Å². The lowest BCUT2D eigenvalue weighted by molar-refractivity contribution is -0.156. The van der Waals surface area contributed by atoms with Crippen LogP contribution in [0.3, 0.4) is 0 Å². The fourth-order valence-electron chi connectivity index (χ4n) is 3.32. The topological polar surface area (TPSA) is 62.3 Å². The van der Waals surface area contributed by atoms with E-state index < -0.39 is 11.6 Å². The predicted octanol–water partition coefficient (Wildman–Crippen LogP) is 2.00. The highest BCUT2D eigenvalue weighted by Crippen LogP contribution is 2.34. The first-order chi connectivity index (χ1) is 10.0. The number of hydrogen-bond donors (Lipinski definition) is 1. The maximum atomic E-state index is 13.0. The van der Waals surface area contributed by atoms with Crippen molar-refractivity contribution in [3.63, 3.8) is 0 Å². The third-order valence-electron chi connectivity index (χ3n) is 4.75. The molecule has 1 aliphatic carbocycles. The minimum atomic E-state index is -0.652. The molecule has 0 bridgehead atoms. The van der Waals surface area contributed by atoms with Crippen LogP contribution in [0.25, 0.3) is 0 Å². The van der Waals surface area contributed by atoms with Crippen molar-refractivity contribution < 1.29 is 9.59 Å². The van der Waals surface area contributed by atoms with Crippen LogP contribution in [0.4, 0.5) is 0 Å². The first-order valence-electron chi connectivity index (χ1n) is 7.55. The van der Waals surface area contributed by atoms with E-state index in [-0.39, 0.29) is 11.8 Å². The van der Waals surface area contributed by atoms with Gasteiger partial charge in [0.15, 0.2) is 0 Å². The summed E-state index contributed by atoms with van der Waals surface area (Å²) in [4.78, 5) is 32.4. The van der Waals surface area contributed by atoms with E-state index in [0.717, 1.165) is 42.7 Å². The molecule has 2 fully saturated rings. The van der Waals surface area contributed by atoms with E-state index in [1.807, 2.05) is 6.92 Å². The molecular formula is C15H21N3O2S. The van der Waals surface area contributed by atoms with Gasteiger partial charge in [-0.3, -0.25) is 9.59 Å². The average Bonchev–Trinajstić information content (AvgIpc) is 2.88. The number of nitrogens with zero attached hydrogens (tertiary/aromatic N) is 2. The monoisotopic (exact) mass is 307 g/mol. The lowest BCUT2D eigenvalue weighted by Gasteiger charge is -2.46. The number of aromatic nitrogens is 1. The Morgan fingerprint density at radius 1 is 1.38 bits per heavy atom. The maximum absolute atomic E-state index is 13.0. The first-order valence-corrected chi connectivity index (χ1v) is 8.43.